The summed E-state index contributed by atoms with van der Waals surface area (Å²) in [5.74, 6) is -0.0842. The van der Waals surface area contributed by atoms with Gasteiger partial charge in [-0.15, -0.1) is 0 Å². The number of nitrogens with zero attached hydrogens (tertiary/aromatic N) is 4. The van der Waals surface area contributed by atoms with E-state index in [0.29, 0.717) is 13.0 Å². The van der Waals surface area contributed by atoms with Crippen molar-refractivity contribution in [2.75, 3.05) is 6.54 Å². The van der Waals surface area contributed by atoms with Crippen molar-refractivity contribution in [2.45, 2.75) is 25.9 Å². The molecule has 1 aromatic heterocycles. The zero-order valence-electron chi connectivity index (χ0n) is 9.50. The van der Waals surface area contributed by atoms with Gasteiger partial charge in [0.2, 0.25) is 0 Å². The van der Waals surface area contributed by atoms with Gasteiger partial charge in [-0.2, -0.15) is 5.10 Å². The third kappa shape index (κ3) is 1.92. The van der Waals surface area contributed by atoms with Crippen LogP contribution in [0, 0.1) is 5.92 Å². The van der Waals surface area contributed by atoms with Gasteiger partial charge in [0, 0.05) is 13.1 Å². The number of aromatic nitrogens is 3. The van der Waals surface area contributed by atoms with Gasteiger partial charge < -0.3 is 5.11 Å². The SMILES string of the molecule is CC1C(C(=O)O)CCN1Cc1ncnn1C. The molecule has 0 bridgehead atoms. The summed E-state index contributed by atoms with van der Waals surface area (Å²) >= 11 is 0. The van der Waals surface area contributed by atoms with E-state index in [-0.39, 0.29) is 12.0 Å². The molecule has 1 N–H and O–H groups in total. The van der Waals surface area contributed by atoms with E-state index in [4.69, 9.17) is 5.11 Å². The van der Waals surface area contributed by atoms with Crippen LogP contribution in [0.15, 0.2) is 6.33 Å². The lowest BCUT2D eigenvalue weighted by Gasteiger charge is -2.22. The maximum Gasteiger partial charge on any atom is 0.308 e. The fourth-order valence-corrected chi connectivity index (χ4v) is 2.20. The van der Waals surface area contributed by atoms with Crippen molar-refractivity contribution in [3.05, 3.63) is 12.2 Å². The molecule has 2 heterocycles. The Morgan fingerprint density at radius 2 is 2.44 bits per heavy atom. The molecular formula is C10H16N4O2. The van der Waals surface area contributed by atoms with Crippen LogP contribution in [0.5, 0.6) is 0 Å². The fraction of sp³-hybridized carbons (Fsp3) is 0.700. The molecule has 0 saturated carbocycles. The summed E-state index contributed by atoms with van der Waals surface area (Å²) in [6.45, 7) is 3.44. The van der Waals surface area contributed by atoms with Crippen molar-refractivity contribution < 1.29 is 9.90 Å². The van der Waals surface area contributed by atoms with Crippen LogP contribution < -0.4 is 0 Å². The molecule has 6 nitrogen and oxygen atoms in total. The number of aryl methyl sites for hydroxylation is 1. The number of likely N-dealkylation sites (tertiary alicyclic amines) is 1. The van der Waals surface area contributed by atoms with E-state index in [1.54, 1.807) is 4.68 Å². The maximum absolute atomic E-state index is 11.0. The summed E-state index contributed by atoms with van der Waals surface area (Å²) in [5.41, 5.74) is 0. The van der Waals surface area contributed by atoms with E-state index in [1.165, 1.54) is 6.33 Å². The Hall–Kier alpha value is -1.43. The van der Waals surface area contributed by atoms with Crippen molar-refractivity contribution >= 4 is 5.97 Å². The summed E-state index contributed by atoms with van der Waals surface area (Å²) in [6, 6.07) is 0.0641. The maximum atomic E-state index is 11.0. The molecule has 1 fully saturated rings. The Labute approximate surface area is 93.9 Å². The molecule has 2 rings (SSSR count). The average molecular weight is 224 g/mol. The topological polar surface area (TPSA) is 71.2 Å². The van der Waals surface area contributed by atoms with Crippen LogP contribution in [0.2, 0.25) is 0 Å². The third-order valence-electron chi connectivity index (χ3n) is 3.35. The third-order valence-corrected chi connectivity index (χ3v) is 3.35. The first-order valence-electron chi connectivity index (χ1n) is 5.39. The molecule has 0 amide bonds. The van der Waals surface area contributed by atoms with Crippen molar-refractivity contribution in [1.82, 2.24) is 19.7 Å². The summed E-state index contributed by atoms with van der Waals surface area (Å²) in [4.78, 5) is 17.3. The average Bonchev–Trinajstić information content (AvgIpc) is 2.76. The van der Waals surface area contributed by atoms with Gasteiger partial charge in [0.15, 0.2) is 0 Å². The van der Waals surface area contributed by atoms with Gasteiger partial charge in [0.05, 0.1) is 12.5 Å². The molecule has 0 spiro atoms. The van der Waals surface area contributed by atoms with E-state index >= 15 is 0 Å². The molecule has 0 aliphatic carbocycles. The highest BCUT2D eigenvalue weighted by Gasteiger charge is 2.35. The predicted molar refractivity (Wildman–Crippen MR) is 56.6 cm³/mol. The standard InChI is InChI=1S/C10H16N4O2/c1-7-8(10(15)16)3-4-14(7)5-9-11-6-12-13(9)2/h6-8H,3-5H2,1-2H3,(H,15,16). The molecule has 2 atom stereocenters. The lowest BCUT2D eigenvalue weighted by molar-refractivity contribution is -0.142. The first-order valence-corrected chi connectivity index (χ1v) is 5.39. The zero-order chi connectivity index (χ0) is 11.7. The quantitative estimate of drug-likeness (QED) is 0.789. The van der Waals surface area contributed by atoms with Gasteiger partial charge in [-0.05, 0) is 19.9 Å². The van der Waals surface area contributed by atoms with Gasteiger partial charge in [-0.1, -0.05) is 0 Å². The van der Waals surface area contributed by atoms with Gasteiger partial charge in [0.25, 0.3) is 0 Å². The molecule has 1 aliphatic heterocycles. The summed E-state index contributed by atoms with van der Waals surface area (Å²) in [7, 11) is 1.84. The van der Waals surface area contributed by atoms with E-state index in [0.717, 1.165) is 12.4 Å². The highest BCUT2D eigenvalue weighted by molar-refractivity contribution is 5.71. The summed E-state index contributed by atoms with van der Waals surface area (Å²) < 4.78 is 1.72. The molecule has 0 aromatic carbocycles. The van der Waals surface area contributed by atoms with Crippen molar-refractivity contribution in [1.29, 1.82) is 0 Å². The second kappa shape index (κ2) is 4.21. The van der Waals surface area contributed by atoms with Crippen LogP contribution in [0.1, 0.15) is 19.2 Å². The second-order valence-electron chi connectivity index (χ2n) is 4.24. The van der Waals surface area contributed by atoms with E-state index in [2.05, 4.69) is 15.0 Å². The van der Waals surface area contributed by atoms with Crippen LogP contribution >= 0.6 is 0 Å². The highest BCUT2D eigenvalue weighted by atomic mass is 16.4. The Balaban J connectivity index is 2.03. The Kier molecular flexibility index (Phi) is 2.91. The Bertz CT molecular complexity index is 390. The van der Waals surface area contributed by atoms with Crippen molar-refractivity contribution in [2.24, 2.45) is 13.0 Å². The zero-order valence-corrected chi connectivity index (χ0v) is 9.50. The normalized spacial score (nSPS) is 26.1. The first kappa shape index (κ1) is 11.1. The molecule has 1 aliphatic rings. The Morgan fingerprint density at radius 3 is 2.94 bits per heavy atom. The van der Waals surface area contributed by atoms with Crippen molar-refractivity contribution in [3.8, 4) is 0 Å². The first-order chi connectivity index (χ1) is 7.59. The van der Waals surface area contributed by atoms with E-state index < -0.39 is 5.97 Å². The lowest BCUT2D eigenvalue weighted by Crippen LogP contribution is -2.33. The fourth-order valence-electron chi connectivity index (χ4n) is 2.20. The van der Waals surface area contributed by atoms with E-state index in [1.807, 2.05) is 14.0 Å². The van der Waals surface area contributed by atoms with Gasteiger partial charge >= 0.3 is 5.97 Å². The molecule has 88 valence electrons. The lowest BCUT2D eigenvalue weighted by atomic mass is 10.0. The van der Waals surface area contributed by atoms with Gasteiger partial charge in [-0.3, -0.25) is 14.4 Å². The number of aliphatic carboxylic acids is 1. The van der Waals surface area contributed by atoms with Gasteiger partial charge in [-0.25, -0.2) is 4.98 Å². The largest absolute Gasteiger partial charge is 0.481 e. The Morgan fingerprint density at radius 1 is 1.69 bits per heavy atom. The molecule has 2 unspecified atom stereocenters. The number of rotatable bonds is 3. The van der Waals surface area contributed by atoms with Crippen LogP contribution in [-0.2, 0) is 18.4 Å². The van der Waals surface area contributed by atoms with Crippen LogP contribution in [0.4, 0.5) is 0 Å². The highest BCUT2D eigenvalue weighted by Crippen LogP contribution is 2.25. The van der Waals surface area contributed by atoms with Crippen molar-refractivity contribution in [3.63, 3.8) is 0 Å². The molecule has 6 heteroatoms. The summed E-state index contributed by atoms with van der Waals surface area (Å²) in [6.07, 6.45) is 2.24. The number of carbonyl (C=O) groups is 1. The monoisotopic (exact) mass is 224 g/mol. The molecule has 16 heavy (non-hydrogen) atoms. The molecule has 1 aromatic rings. The second-order valence-corrected chi connectivity index (χ2v) is 4.24. The minimum atomic E-state index is -0.701. The van der Waals surface area contributed by atoms with E-state index in [9.17, 15) is 4.79 Å². The van der Waals surface area contributed by atoms with Gasteiger partial charge in [0.1, 0.15) is 12.2 Å². The minimum absolute atomic E-state index is 0.0641. The number of carboxylic acid groups (broad SMARTS) is 1. The number of hydrogen-bond acceptors (Lipinski definition) is 4. The number of carboxylic acids is 1. The minimum Gasteiger partial charge on any atom is -0.481 e. The smallest absolute Gasteiger partial charge is 0.308 e. The molecule has 1 saturated heterocycles. The van der Waals surface area contributed by atoms with Crippen LogP contribution in [0.3, 0.4) is 0 Å². The molecule has 0 radical (unpaired) electrons. The summed E-state index contributed by atoms with van der Waals surface area (Å²) in [5, 5.41) is 13.0. The predicted octanol–water partition coefficient (Wildman–Crippen LogP) is 0.110. The van der Waals surface area contributed by atoms with Crippen LogP contribution in [0.25, 0.3) is 0 Å². The van der Waals surface area contributed by atoms with Crippen LogP contribution in [-0.4, -0.2) is 43.3 Å². The number of hydrogen-bond donors (Lipinski definition) is 1. The molecular weight excluding hydrogens is 208 g/mol.